The van der Waals surface area contributed by atoms with Crippen LogP contribution in [0.5, 0.6) is 0 Å². The topological polar surface area (TPSA) is 221 Å². The van der Waals surface area contributed by atoms with Gasteiger partial charge in [-0.1, -0.05) is 78.4 Å². The van der Waals surface area contributed by atoms with Crippen LogP contribution in [-0.2, 0) is 56.4 Å². The first kappa shape index (κ1) is 44.1. The molecular weight excluding hydrogens is 731 g/mol. The Morgan fingerprint density at radius 1 is 0.745 bits per heavy atom. The molecule has 3 amide bonds. The number of nitrogens with two attached hydrogens (primary N) is 1. The molecule has 0 radical (unpaired) electrons. The molecule has 3 atom stereocenters. The average molecular weight is 782 g/mol. The van der Waals surface area contributed by atoms with Crippen LogP contribution in [0.25, 0.3) is 0 Å². The Hall–Kier alpha value is -5.32. The highest BCUT2D eigenvalue weighted by atomic mass is 32.2. The first-order valence-electron chi connectivity index (χ1n) is 17.9. The van der Waals surface area contributed by atoms with Crippen LogP contribution in [0, 0.1) is 6.92 Å². The van der Waals surface area contributed by atoms with Gasteiger partial charge >= 0.3 is 18.0 Å². The van der Waals surface area contributed by atoms with Gasteiger partial charge in [-0.2, -0.15) is 0 Å². The van der Waals surface area contributed by atoms with E-state index in [0.29, 0.717) is 18.4 Å². The first-order valence-corrected chi connectivity index (χ1v) is 19.4. The molecule has 0 unspecified atom stereocenters. The molecule has 6 N–H and O–H groups in total. The van der Waals surface area contributed by atoms with Crippen molar-refractivity contribution in [3.63, 3.8) is 0 Å². The van der Waals surface area contributed by atoms with Gasteiger partial charge in [0, 0.05) is 19.5 Å². The van der Waals surface area contributed by atoms with E-state index in [9.17, 15) is 32.4 Å². The molecule has 0 heterocycles. The van der Waals surface area contributed by atoms with Crippen LogP contribution in [0.4, 0.5) is 4.79 Å². The fourth-order valence-corrected chi connectivity index (χ4v) is 6.55. The number of unbranched alkanes of at least 4 members (excludes halogenated alkanes) is 2. The summed E-state index contributed by atoms with van der Waals surface area (Å²) < 4.78 is 42.8. The summed E-state index contributed by atoms with van der Waals surface area (Å²) in [5, 5.41) is 7.89. The predicted octanol–water partition coefficient (Wildman–Crippen LogP) is 2.80. The summed E-state index contributed by atoms with van der Waals surface area (Å²) in [6, 6.07) is 22.0. The summed E-state index contributed by atoms with van der Waals surface area (Å²) in [5.41, 5.74) is 6.57. The van der Waals surface area contributed by atoms with Crippen molar-refractivity contribution >= 4 is 39.9 Å². The Labute approximate surface area is 322 Å². The lowest BCUT2D eigenvalue weighted by molar-refractivity contribution is -0.153. The molecule has 0 aliphatic carbocycles. The number of ether oxygens (including phenoxy) is 3. The number of carbonyl (C=O) groups excluding carboxylic acids is 5. The summed E-state index contributed by atoms with van der Waals surface area (Å²) in [7, 11) is -1.52. The van der Waals surface area contributed by atoms with Gasteiger partial charge in [-0.25, -0.2) is 27.5 Å². The smallest absolute Gasteiger partial charge is 0.407 e. The standard InChI is InChI=1S/C39H51N5O10S/c1-28-19-21-31(22-20-28)55(50,51)42-25-13-11-23-39(40,37(48)53-3)36(47)44-33(26-29-14-6-4-7-15-29)34(45)43-32(35(46)52-2)18-10-12-24-41-38(49)54-27-30-16-8-5-9-17-30/h4-9,14-17,19-22,32-33,42H,10-13,18,23-27,40H2,1-3H3,(H,41,49)(H,43,45)(H,44,47)/t32-,33-,39+/m0/s1. The van der Waals surface area contributed by atoms with Gasteiger partial charge in [-0.15, -0.1) is 0 Å². The first-order chi connectivity index (χ1) is 26.3. The second-order valence-electron chi connectivity index (χ2n) is 12.9. The number of benzene rings is 3. The Balaban J connectivity index is 1.61. The van der Waals surface area contributed by atoms with E-state index >= 15 is 0 Å². The van der Waals surface area contributed by atoms with E-state index in [1.165, 1.54) is 19.2 Å². The number of aryl methyl sites for hydroxylation is 1. The fourth-order valence-electron chi connectivity index (χ4n) is 5.47. The monoisotopic (exact) mass is 781 g/mol. The van der Waals surface area contributed by atoms with Crippen LogP contribution < -0.4 is 26.4 Å². The number of carbonyl (C=O) groups is 5. The van der Waals surface area contributed by atoms with Crippen molar-refractivity contribution in [1.82, 2.24) is 20.7 Å². The molecule has 0 aliphatic heterocycles. The van der Waals surface area contributed by atoms with E-state index < -0.39 is 57.5 Å². The molecule has 298 valence electrons. The highest BCUT2D eigenvalue weighted by Gasteiger charge is 2.44. The zero-order chi connectivity index (χ0) is 40.3. The van der Waals surface area contributed by atoms with E-state index in [4.69, 9.17) is 19.9 Å². The molecule has 3 aromatic carbocycles. The second-order valence-corrected chi connectivity index (χ2v) is 14.7. The summed E-state index contributed by atoms with van der Waals surface area (Å²) in [6.45, 7) is 2.23. The third kappa shape index (κ3) is 14.4. The predicted molar refractivity (Wildman–Crippen MR) is 204 cm³/mol. The minimum absolute atomic E-state index is 0.0114. The minimum Gasteiger partial charge on any atom is -0.467 e. The average Bonchev–Trinajstić information content (AvgIpc) is 3.19. The lowest BCUT2D eigenvalue weighted by Gasteiger charge is -2.29. The van der Waals surface area contributed by atoms with Crippen molar-refractivity contribution in [1.29, 1.82) is 0 Å². The van der Waals surface area contributed by atoms with Crippen molar-refractivity contribution in [2.75, 3.05) is 27.3 Å². The molecule has 3 aromatic rings. The molecule has 15 nitrogen and oxygen atoms in total. The highest BCUT2D eigenvalue weighted by molar-refractivity contribution is 7.89. The van der Waals surface area contributed by atoms with E-state index in [1.807, 2.05) is 37.3 Å². The number of hydrogen-bond donors (Lipinski definition) is 5. The zero-order valence-electron chi connectivity index (χ0n) is 31.4. The van der Waals surface area contributed by atoms with Crippen LogP contribution in [0.3, 0.4) is 0 Å². The number of esters is 2. The van der Waals surface area contributed by atoms with E-state index in [-0.39, 0.29) is 56.7 Å². The Morgan fingerprint density at radius 2 is 1.36 bits per heavy atom. The molecule has 3 rings (SSSR count). The third-order valence-electron chi connectivity index (χ3n) is 8.68. The van der Waals surface area contributed by atoms with Gasteiger partial charge in [0.1, 0.15) is 18.7 Å². The number of rotatable bonds is 22. The number of nitrogens with one attached hydrogen (secondary N) is 4. The molecular formula is C39H51N5O10S. The van der Waals surface area contributed by atoms with Crippen molar-refractivity contribution in [2.45, 2.75) is 81.0 Å². The lowest BCUT2D eigenvalue weighted by atomic mass is 9.91. The van der Waals surface area contributed by atoms with Gasteiger partial charge in [0.25, 0.3) is 5.91 Å². The minimum atomic E-state index is -3.78. The molecule has 16 heteroatoms. The number of methoxy groups -OCH3 is 2. The van der Waals surface area contributed by atoms with Gasteiger partial charge < -0.3 is 35.9 Å². The molecule has 0 bridgehead atoms. The van der Waals surface area contributed by atoms with Crippen LogP contribution in [0.2, 0.25) is 0 Å². The van der Waals surface area contributed by atoms with Crippen molar-refractivity contribution in [3.05, 3.63) is 102 Å². The maximum Gasteiger partial charge on any atom is 0.407 e. The molecule has 0 aromatic heterocycles. The Morgan fingerprint density at radius 3 is 1.98 bits per heavy atom. The van der Waals surface area contributed by atoms with E-state index in [1.54, 1.807) is 42.5 Å². The Kier molecular flexibility index (Phi) is 17.8. The number of sulfonamides is 1. The van der Waals surface area contributed by atoms with Gasteiger partial charge in [-0.3, -0.25) is 9.59 Å². The number of hydrogen-bond acceptors (Lipinski definition) is 11. The highest BCUT2D eigenvalue weighted by Crippen LogP contribution is 2.17. The van der Waals surface area contributed by atoms with Crippen LogP contribution >= 0.6 is 0 Å². The molecule has 0 spiro atoms. The van der Waals surface area contributed by atoms with E-state index in [2.05, 4.69) is 20.7 Å². The maximum atomic E-state index is 13.7. The molecule has 0 fully saturated rings. The number of amides is 3. The maximum absolute atomic E-state index is 13.7. The molecule has 55 heavy (non-hydrogen) atoms. The quantitative estimate of drug-likeness (QED) is 0.0432. The van der Waals surface area contributed by atoms with Crippen molar-refractivity contribution < 1.29 is 46.6 Å². The fraction of sp³-hybridized carbons (Fsp3) is 0.410. The van der Waals surface area contributed by atoms with Crippen molar-refractivity contribution in [2.24, 2.45) is 5.73 Å². The Bertz CT molecular complexity index is 1810. The zero-order valence-corrected chi connectivity index (χ0v) is 32.2. The molecule has 0 aliphatic rings. The molecule has 0 saturated carbocycles. The summed E-state index contributed by atoms with van der Waals surface area (Å²) in [5.74, 6) is -3.48. The van der Waals surface area contributed by atoms with Crippen LogP contribution in [0.1, 0.15) is 55.2 Å². The van der Waals surface area contributed by atoms with Crippen molar-refractivity contribution in [3.8, 4) is 0 Å². The van der Waals surface area contributed by atoms with Gasteiger partial charge in [0.2, 0.25) is 15.9 Å². The summed E-state index contributed by atoms with van der Waals surface area (Å²) in [4.78, 5) is 65.3. The number of alkyl carbamates (subject to hydrolysis) is 1. The van der Waals surface area contributed by atoms with Gasteiger partial charge in [0.05, 0.1) is 19.1 Å². The lowest BCUT2D eigenvalue weighted by Crippen LogP contribution is -2.64. The van der Waals surface area contributed by atoms with Crippen LogP contribution in [-0.4, -0.2) is 83.2 Å². The second kappa shape index (κ2) is 22.2. The summed E-state index contributed by atoms with van der Waals surface area (Å²) in [6.07, 6.45) is 0.562. The normalized spacial score (nSPS) is 13.3. The van der Waals surface area contributed by atoms with Crippen LogP contribution in [0.15, 0.2) is 89.8 Å². The largest absolute Gasteiger partial charge is 0.467 e. The third-order valence-corrected chi connectivity index (χ3v) is 10.2. The van der Waals surface area contributed by atoms with E-state index in [0.717, 1.165) is 18.2 Å². The SMILES string of the molecule is COC(=O)[C@H](CCCCNC(=O)OCc1ccccc1)NC(=O)[C@H](Cc1ccccc1)NC(=O)[C@](N)(CCCCNS(=O)(=O)c1ccc(C)cc1)C(=O)OC. The van der Waals surface area contributed by atoms with Gasteiger partial charge in [-0.05, 0) is 68.7 Å². The molecule has 0 saturated heterocycles. The summed E-state index contributed by atoms with van der Waals surface area (Å²) >= 11 is 0. The van der Waals surface area contributed by atoms with Gasteiger partial charge in [0.15, 0.2) is 5.54 Å².